The number of nitriles is 1. The van der Waals surface area contributed by atoms with Gasteiger partial charge < -0.3 is 9.47 Å². The maximum absolute atomic E-state index is 12.9. The van der Waals surface area contributed by atoms with Gasteiger partial charge in [-0.3, -0.25) is 9.89 Å². The summed E-state index contributed by atoms with van der Waals surface area (Å²) in [4.78, 5) is 19.7. The fourth-order valence-electron chi connectivity index (χ4n) is 4.83. The Morgan fingerprint density at radius 1 is 1.21 bits per heavy atom. The van der Waals surface area contributed by atoms with Gasteiger partial charge in [0.15, 0.2) is 0 Å². The summed E-state index contributed by atoms with van der Waals surface area (Å²) < 4.78 is 2.25. The molecule has 4 aromatic rings. The van der Waals surface area contributed by atoms with Crippen molar-refractivity contribution in [2.75, 3.05) is 6.54 Å². The van der Waals surface area contributed by atoms with Crippen molar-refractivity contribution in [2.45, 2.75) is 38.8 Å². The zero-order valence-corrected chi connectivity index (χ0v) is 18.6. The molecule has 7 heteroatoms. The molecule has 1 aliphatic heterocycles. The number of rotatable bonds is 6. The van der Waals surface area contributed by atoms with Crippen LogP contribution in [-0.4, -0.2) is 43.1 Å². The van der Waals surface area contributed by atoms with E-state index in [0.29, 0.717) is 24.3 Å². The molecule has 33 heavy (non-hydrogen) atoms. The zero-order valence-electron chi connectivity index (χ0n) is 18.6. The van der Waals surface area contributed by atoms with Crippen LogP contribution in [0.5, 0.6) is 0 Å². The lowest BCUT2D eigenvalue weighted by Crippen LogP contribution is -2.34. The molecule has 0 unspecified atom stereocenters. The van der Waals surface area contributed by atoms with Crippen molar-refractivity contribution in [2.24, 2.45) is 5.92 Å². The molecule has 1 amide bonds. The number of hydrogen-bond donors (Lipinski definition) is 1. The van der Waals surface area contributed by atoms with Gasteiger partial charge in [0.1, 0.15) is 0 Å². The van der Waals surface area contributed by atoms with Crippen molar-refractivity contribution < 1.29 is 4.79 Å². The Labute approximate surface area is 192 Å². The Bertz CT molecular complexity index is 1300. The van der Waals surface area contributed by atoms with E-state index in [2.05, 4.69) is 46.1 Å². The third-order valence-corrected chi connectivity index (χ3v) is 6.57. The Morgan fingerprint density at radius 3 is 2.82 bits per heavy atom. The second kappa shape index (κ2) is 8.91. The Hall–Kier alpha value is -3.92. The van der Waals surface area contributed by atoms with Crippen LogP contribution in [0.3, 0.4) is 0 Å². The molecule has 3 aromatic heterocycles. The fourth-order valence-corrected chi connectivity index (χ4v) is 4.83. The van der Waals surface area contributed by atoms with E-state index in [0.717, 1.165) is 47.4 Å². The Balaban J connectivity index is 1.21. The third kappa shape index (κ3) is 4.37. The van der Waals surface area contributed by atoms with Crippen LogP contribution >= 0.6 is 0 Å². The first-order valence-corrected chi connectivity index (χ1v) is 11.3. The number of aromatic nitrogens is 4. The van der Waals surface area contributed by atoms with Crippen molar-refractivity contribution in [3.05, 3.63) is 72.2 Å². The first-order chi connectivity index (χ1) is 16.1. The Morgan fingerprint density at radius 2 is 2.06 bits per heavy atom. The molecular formula is C26H26N6O. The predicted octanol–water partition coefficient (Wildman–Crippen LogP) is 4.17. The predicted molar refractivity (Wildman–Crippen MR) is 126 cm³/mol. The molecule has 166 valence electrons. The van der Waals surface area contributed by atoms with Crippen molar-refractivity contribution in [3.8, 4) is 17.3 Å². The van der Waals surface area contributed by atoms with Crippen LogP contribution in [0.4, 0.5) is 0 Å². The number of pyridine rings is 1. The first kappa shape index (κ1) is 21.0. The molecule has 2 atom stereocenters. The van der Waals surface area contributed by atoms with Crippen LogP contribution in [0.25, 0.3) is 22.3 Å². The molecular weight excluding hydrogens is 412 g/mol. The average Bonchev–Trinajstić information content (AvgIpc) is 3.58. The van der Waals surface area contributed by atoms with Gasteiger partial charge in [0.2, 0.25) is 5.91 Å². The van der Waals surface area contributed by atoms with E-state index in [-0.39, 0.29) is 11.9 Å². The number of carbonyl (C=O) groups is 1. The second-order valence-electron chi connectivity index (χ2n) is 8.86. The lowest BCUT2D eigenvalue weighted by Gasteiger charge is -2.21. The monoisotopic (exact) mass is 438 g/mol. The molecule has 1 aliphatic rings. The van der Waals surface area contributed by atoms with E-state index in [1.807, 2.05) is 41.4 Å². The number of amides is 1. The van der Waals surface area contributed by atoms with Crippen molar-refractivity contribution in [3.63, 3.8) is 0 Å². The topological polar surface area (TPSA) is 90.6 Å². The number of benzene rings is 1. The van der Waals surface area contributed by atoms with Gasteiger partial charge >= 0.3 is 0 Å². The summed E-state index contributed by atoms with van der Waals surface area (Å²) in [6.45, 7) is 3.81. The first-order valence-electron chi connectivity index (χ1n) is 11.3. The summed E-state index contributed by atoms with van der Waals surface area (Å²) in [5, 5.41) is 15.8. The quantitative estimate of drug-likeness (QED) is 0.489. The minimum atomic E-state index is 0.207. The smallest absolute Gasteiger partial charge is 0.223 e. The van der Waals surface area contributed by atoms with Gasteiger partial charge in [-0.2, -0.15) is 10.4 Å². The normalized spacial score (nSPS) is 18.0. The molecule has 1 fully saturated rings. The second-order valence-corrected chi connectivity index (χ2v) is 8.86. The number of fused-ring (bicyclic) bond motifs is 1. The number of H-pyrrole nitrogens is 1. The zero-order chi connectivity index (χ0) is 22.8. The van der Waals surface area contributed by atoms with Crippen molar-refractivity contribution in [1.29, 1.82) is 5.26 Å². The van der Waals surface area contributed by atoms with Crippen LogP contribution in [0.15, 0.2) is 61.1 Å². The molecule has 0 aliphatic carbocycles. The van der Waals surface area contributed by atoms with Crippen LogP contribution in [0.1, 0.15) is 30.9 Å². The molecule has 1 saturated heterocycles. The highest BCUT2D eigenvalue weighted by molar-refractivity contribution is 5.79. The van der Waals surface area contributed by atoms with E-state index in [1.165, 1.54) is 0 Å². The van der Waals surface area contributed by atoms with Crippen molar-refractivity contribution >= 4 is 16.9 Å². The van der Waals surface area contributed by atoms with Gasteiger partial charge in [-0.15, -0.1) is 0 Å². The lowest BCUT2D eigenvalue weighted by molar-refractivity contribution is -0.131. The van der Waals surface area contributed by atoms with Gasteiger partial charge in [0.05, 0.1) is 34.6 Å². The fraction of sp³-hybridized carbons (Fsp3) is 0.308. The van der Waals surface area contributed by atoms with E-state index in [9.17, 15) is 4.79 Å². The molecule has 0 bridgehead atoms. The summed E-state index contributed by atoms with van der Waals surface area (Å²) in [5.74, 6) is 0.626. The molecule has 1 aromatic carbocycles. The van der Waals surface area contributed by atoms with Gasteiger partial charge in [-0.05, 0) is 61.6 Å². The van der Waals surface area contributed by atoms with Crippen LogP contribution < -0.4 is 0 Å². The number of carbonyl (C=O) groups excluding carboxylic acids is 1. The summed E-state index contributed by atoms with van der Waals surface area (Å²) in [5.41, 5.74) is 5.70. The number of hydrogen-bond acceptors (Lipinski definition) is 4. The molecule has 0 spiro atoms. The summed E-state index contributed by atoms with van der Waals surface area (Å²) in [6.07, 6.45) is 7.91. The number of nitrogens with zero attached hydrogens (tertiary/aromatic N) is 5. The van der Waals surface area contributed by atoms with Crippen molar-refractivity contribution in [1.82, 2.24) is 24.6 Å². The van der Waals surface area contributed by atoms with Gasteiger partial charge in [-0.1, -0.05) is 12.1 Å². The number of likely N-dealkylation sites (tertiary alicyclic amines) is 1. The maximum Gasteiger partial charge on any atom is 0.223 e. The lowest BCUT2D eigenvalue weighted by atomic mass is 10.1. The molecule has 7 nitrogen and oxygen atoms in total. The maximum atomic E-state index is 12.9. The molecule has 5 rings (SSSR count). The van der Waals surface area contributed by atoms with Gasteiger partial charge in [0.25, 0.3) is 0 Å². The third-order valence-electron chi connectivity index (χ3n) is 6.57. The molecule has 1 N–H and O–H groups in total. The van der Waals surface area contributed by atoms with Crippen LogP contribution in [0, 0.1) is 17.2 Å². The number of aryl methyl sites for hydroxylation is 1. The minimum absolute atomic E-state index is 0.207. The van der Waals surface area contributed by atoms with Crippen LogP contribution in [-0.2, 0) is 17.8 Å². The van der Waals surface area contributed by atoms with Crippen LogP contribution in [0.2, 0.25) is 0 Å². The molecule has 4 heterocycles. The molecule has 0 radical (unpaired) electrons. The summed E-state index contributed by atoms with van der Waals surface area (Å²) >= 11 is 0. The van der Waals surface area contributed by atoms with E-state index >= 15 is 0 Å². The summed E-state index contributed by atoms with van der Waals surface area (Å²) in [7, 11) is 0. The Kier molecular flexibility index (Phi) is 5.66. The highest BCUT2D eigenvalue weighted by Gasteiger charge is 2.32. The highest BCUT2D eigenvalue weighted by Crippen LogP contribution is 2.28. The van der Waals surface area contributed by atoms with E-state index in [4.69, 9.17) is 10.2 Å². The van der Waals surface area contributed by atoms with Gasteiger partial charge in [-0.25, -0.2) is 4.98 Å². The highest BCUT2D eigenvalue weighted by atomic mass is 16.2. The average molecular weight is 439 g/mol. The standard InChI is InChI=1S/C26H26N6O/c1-18-12-21(17-32(18)26(33)9-6-19-2-4-20(13-27)5-3-19)16-31-11-10-24-25(31)8-7-23(30-24)22-14-28-29-15-22/h2-5,7-8,10-11,14-15,18,21H,6,9,12,16-17H2,1H3,(H,28,29)/t18-,21-/m1/s1. The van der Waals surface area contributed by atoms with Gasteiger partial charge in [0, 0.05) is 43.5 Å². The minimum Gasteiger partial charge on any atom is -0.346 e. The summed E-state index contributed by atoms with van der Waals surface area (Å²) in [6, 6.07) is 16.1. The van der Waals surface area contributed by atoms with E-state index < -0.39 is 0 Å². The van der Waals surface area contributed by atoms with E-state index in [1.54, 1.807) is 6.20 Å². The SMILES string of the molecule is C[C@@H]1C[C@H](Cn2ccc3nc(-c4cn[nH]c4)ccc32)CN1C(=O)CCc1ccc(C#N)cc1. The number of aromatic amines is 1. The number of nitrogens with one attached hydrogen (secondary N) is 1. The largest absolute Gasteiger partial charge is 0.346 e. The molecule has 0 saturated carbocycles.